The standard InChI is InChI=1S/C6H5Se.C4H9Te.10CO.2Re/c7-6-4-2-1-3-5-6;1-2-3-4-5;10*1-2;;/h1-5H;2-4H2,1H3;;;;;;;;;;;;. The Hall–Kier alpha value is -0.746. The van der Waals surface area contributed by atoms with E-state index in [2.05, 4.69) is 112 Å². The van der Waals surface area contributed by atoms with Gasteiger partial charge in [0, 0.05) is 40.8 Å². The molecule has 180 valence electrons. The second-order valence-electron chi connectivity index (χ2n) is 2.37. The van der Waals surface area contributed by atoms with Crippen molar-refractivity contribution in [3.63, 3.8) is 0 Å². The van der Waals surface area contributed by atoms with Crippen LogP contribution in [-0.4, -0.2) is 38.3 Å². The average Bonchev–Trinajstić information content (AvgIpc) is 2.97. The minimum absolute atomic E-state index is 0. The second kappa shape index (κ2) is 300. The van der Waals surface area contributed by atoms with Crippen molar-refractivity contribution in [3.05, 3.63) is 96.8 Å². The first-order valence-corrected chi connectivity index (χ1v) is 8.66. The van der Waals surface area contributed by atoms with Crippen molar-refractivity contribution in [2.45, 2.75) is 24.2 Å². The van der Waals surface area contributed by atoms with Crippen LogP contribution in [0.25, 0.3) is 0 Å². The molecule has 0 aliphatic carbocycles. The molecule has 1 rings (SSSR count). The summed E-state index contributed by atoms with van der Waals surface area (Å²) < 4.78 is 77.6. The molecular formula is C20H14O10Re2SeTe. The van der Waals surface area contributed by atoms with Crippen LogP contribution in [0.4, 0.5) is 0 Å². The zero-order chi connectivity index (χ0) is 29.2. The van der Waals surface area contributed by atoms with Crippen LogP contribution in [0.5, 0.6) is 0 Å². The molecule has 0 aliphatic heterocycles. The zero-order valence-electron chi connectivity index (χ0n) is 17.2. The Morgan fingerprint density at radius 2 is 0.765 bits per heavy atom. The van der Waals surface area contributed by atoms with Gasteiger partial charge < -0.3 is 0 Å². The van der Waals surface area contributed by atoms with E-state index in [0.29, 0.717) is 0 Å². The Balaban J connectivity index is -0.0000000135. The predicted octanol–water partition coefficient (Wildman–Crippen LogP) is 1.47. The number of rotatable bonds is 2. The van der Waals surface area contributed by atoms with Gasteiger partial charge in [0.1, 0.15) is 0 Å². The fraction of sp³-hybridized carbons (Fsp3) is 0.200. The summed E-state index contributed by atoms with van der Waals surface area (Å²) in [5.41, 5.74) is 0. The van der Waals surface area contributed by atoms with Gasteiger partial charge in [0.15, 0.2) is 0 Å². The first-order valence-electron chi connectivity index (χ1n) is 6.15. The van der Waals surface area contributed by atoms with Crippen LogP contribution in [0.1, 0.15) is 19.8 Å². The van der Waals surface area contributed by atoms with Crippen LogP contribution in [0.3, 0.4) is 0 Å². The molecule has 0 fully saturated rings. The summed E-state index contributed by atoms with van der Waals surface area (Å²) in [5, 5.41) is 0. The molecule has 14 heteroatoms. The maximum atomic E-state index is 7.50. The molecule has 4 radical (unpaired) electrons. The molecule has 0 saturated carbocycles. The van der Waals surface area contributed by atoms with E-state index in [-0.39, 0.29) is 40.8 Å². The maximum absolute atomic E-state index is 7.50. The van der Waals surface area contributed by atoms with Crippen molar-refractivity contribution < 1.29 is 87.4 Å². The summed E-state index contributed by atoms with van der Waals surface area (Å²) in [6.45, 7) is 47.2. The Bertz CT molecular complexity index is 463. The topological polar surface area (TPSA) is 199 Å². The van der Waals surface area contributed by atoms with E-state index in [9.17, 15) is 0 Å². The van der Waals surface area contributed by atoms with Gasteiger partial charge in [-0.25, -0.2) is 0 Å². The van der Waals surface area contributed by atoms with Crippen molar-refractivity contribution in [1.29, 1.82) is 0 Å². The molecule has 34 heavy (non-hydrogen) atoms. The molecule has 0 heterocycles. The molecule has 0 bridgehead atoms. The van der Waals surface area contributed by atoms with Crippen LogP contribution < -0.4 is 4.46 Å². The van der Waals surface area contributed by atoms with Gasteiger partial charge in [0.2, 0.25) is 0 Å². The quantitative estimate of drug-likeness (QED) is 0.235. The summed E-state index contributed by atoms with van der Waals surface area (Å²) >= 11 is 5.06. The first-order chi connectivity index (χ1) is 15.8. The fourth-order valence-electron chi connectivity index (χ4n) is 0.565. The van der Waals surface area contributed by atoms with Gasteiger partial charge >= 0.3 is 210 Å². The molecule has 1 aromatic carbocycles. The van der Waals surface area contributed by atoms with E-state index in [1.807, 2.05) is 30.3 Å². The van der Waals surface area contributed by atoms with Crippen LogP contribution >= 0.6 is 0 Å². The molecule has 0 aliphatic rings. The number of benzene rings is 1. The van der Waals surface area contributed by atoms with E-state index in [1.165, 1.54) is 21.8 Å². The second-order valence-corrected chi connectivity index (χ2v) is 4.52. The van der Waals surface area contributed by atoms with Crippen LogP contribution in [-0.2, 0) is 87.4 Å². The minimum atomic E-state index is 0. The van der Waals surface area contributed by atoms with Crippen molar-refractivity contribution >= 4 is 42.8 Å². The zero-order valence-corrected chi connectivity index (χ0v) is 26.6. The van der Waals surface area contributed by atoms with Crippen LogP contribution in [0, 0.1) is 66.5 Å². The third-order valence-electron chi connectivity index (χ3n) is 1.24. The van der Waals surface area contributed by atoms with Crippen molar-refractivity contribution in [2.75, 3.05) is 0 Å². The van der Waals surface area contributed by atoms with E-state index in [4.69, 9.17) is 46.5 Å². The van der Waals surface area contributed by atoms with Gasteiger partial charge in [0.05, 0.1) is 0 Å². The third kappa shape index (κ3) is 334. The molecule has 0 amide bonds. The molecule has 0 aromatic heterocycles. The van der Waals surface area contributed by atoms with Gasteiger partial charge in [-0.3, -0.25) is 0 Å². The summed E-state index contributed by atoms with van der Waals surface area (Å²) in [6, 6.07) is 10.1. The Morgan fingerprint density at radius 1 is 0.559 bits per heavy atom. The van der Waals surface area contributed by atoms with Crippen LogP contribution in [0.15, 0.2) is 30.3 Å². The number of hydrogen-bond acceptors (Lipinski definition) is 0. The Morgan fingerprint density at radius 3 is 0.824 bits per heavy atom. The Labute approximate surface area is 249 Å². The molecule has 0 spiro atoms. The van der Waals surface area contributed by atoms with Crippen molar-refractivity contribution in [3.8, 4) is 0 Å². The summed E-state index contributed by atoms with van der Waals surface area (Å²) in [7, 11) is 0. The van der Waals surface area contributed by atoms with Crippen molar-refractivity contribution in [1.82, 2.24) is 0 Å². The monoisotopic (exact) mass is 998 g/mol. The van der Waals surface area contributed by atoms with E-state index >= 15 is 0 Å². The van der Waals surface area contributed by atoms with Crippen molar-refractivity contribution in [2.24, 2.45) is 0 Å². The molecule has 0 N–H and O–H groups in total. The molecule has 10 nitrogen and oxygen atoms in total. The van der Waals surface area contributed by atoms with Crippen LogP contribution in [0.2, 0.25) is 4.47 Å². The fourth-order valence-corrected chi connectivity index (χ4v) is 1.72. The molecular weight excluding hydrogens is 979 g/mol. The van der Waals surface area contributed by atoms with Gasteiger partial charge in [0.25, 0.3) is 0 Å². The normalized spacial score (nSPS) is 3.59. The third-order valence-corrected chi connectivity index (χ3v) is 2.64. The van der Waals surface area contributed by atoms with Gasteiger partial charge in [-0.2, -0.15) is 0 Å². The molecule has 0 unspecified atom stereocenters. The van der Waals surface area contributed by atoms with Gasteiger partial charge in [-0.1, -0.05) is 0 Å². The molecule has 0 atom stereocenters. The number of unbranched alkanes of at least 4 members (excludes halogenated alkanes) is 1. The summed E-state index contributed by atoms with van der Waals surface area (Å²) in [4.78, 5) is 0. The predicted molar refractivity (Wildman–Crippen MR) is 96.6 cm³/mol. The SMILES string of the molecule is CCCC[Te].[C-]#[O+].[C-]#[O+].[C-]#[O+].[C-]#[O+].[C-]#[O+].[C-]#[O+].[C-]#[O+].[C-]#[O+].[C-]#[O+].[C-]#[O+].[Re].[Re].[Se]c1ccccc1. The number of hydrogen-bond donors (Lipinski definition) is 0. The summed E-state index contributed by atoms with van der Waals surface area (Å²) in [5.74, 6) is 0. The molecule has 1 aromatic rings. The van der Waals surface area contributed by atoms with E-state index < -0.39 is 0 Å². The van der Waals surface area contributed by atoms with E-state index in [0.717, 1.165) is 0 Å². The Kier molecular flexibility index (Phi) is 743. The van der Waals surface area contributed by atoms with E-state index in [1.54, 1.807) is 0 Å². The van der Waals surface area contributed by atoms with Gasteiger partial charge in [-0.05, 0) is 0 Å². The summed E-state index contributed by atoms with van der Waals surface area (Å²) in [6.07, 6.45) is 2.74. The average molecular weight is 993 g/mol. The molecule has 0 saturated heterocycles. The van der Waals surface area contributed by atoms with Gasteiger partial charge in [-0.15, -0.1) is 0 Å². The first kappa shape index (κ1) is 84.3.